The van der Waals surface area contributed by atoms with Crippen molar-refractivity contribution in [2.75, 3.05) is 19.4 Å². The molecule has 1 amide bonds. The van der Waals surface area contributed by atoms with Gasteiger partial charge in [-0.2, -0.15) is 0 Å². The van der Waals surface area contributed by atoms with Crippen molar-refractivity contribution in [1.29, 1.82) is 0 Å². The molecule has 0 saturated carbocycles. The fourth-order valence-electron chi connectivity index (χ4n) is 1.66. The zero-order chi connectivity index (χ0) is 10.8. The molecule has 0 spiro atoms. The molecule has 0 fully saturated rings. The molecule has 0 saturated heterocycles. The number of amides is 1. The van der Waals surface area contributed by atoms with Crippen molar-refractivity contribution < 1.29 is 9.53 Å². The number of nitrogens with zero attached hydrogens (tertiary/aromatic N) is 3. The van der Waals surface area contributed by atoms with Gasteiger partial charge in [0.1, 0.15) is 12.1 Å². The molecule has 6 nitrogen and oxygen atoms in total. The van der Waals surface area contributed by atoms with Crippen molar-refractivity contribution in [1.82, 2.24) is 14.9 Å². The van der Waals surface area contributed by atoms with Gasteiger partial charge in [-0.25, -0.2) is 14.8 Å². The van der Waals surface area contributed by atoms with Gasteiger partial charge < -0.3 is 15.4 Å². The van der Waals surface area contributed by atoms with E-state index in [-0.39, 0.29) is 6.09 Å². The number of hydrogen-bond acceptors (Lipinski definition) is 5. The lowest BCUT2D eigenvalue weighted by Gasteiger charge is -2.26. The van der Waals surface area contributed by atoms with Gasteiger partial charge >= 0.3 is 6.09 Å². The van der Waals surface area contributed by atoms with Crippen LogP contribution in [0.4, 0.5) is 10.6 Å². The van der Waals surface area contributed by atoms with E-state index in [4.69, 9.17) is 5.73 Å². The number of nitrogens with two attached hydrogens (primary N) is 1. The minimum Gasteiger partial charge on any atom is -0.453 e. The highest BCUT2D eigenvalue weighted by Crippen LogP contribution is 2.20. The van der Waals surface area contributed by atoms with Crippen molar-refractivity contribution in [2.24, 2.45) is 0 Å². The molecular weight excluding hydrogens is 196 g/mol. The lowest BCUT2D eigenvalue weighted by Crippen LogP contribution is -2.36. The van der Waals surface area contributed by atoms with Crippen LogP contribution in [0, 0.1) is 0 Å². The topological polar surface area (TPSA) is 81.3 Å². The smallest absolute Gasteiger partial charge is 0.409 e. The molecule has 0 radical (unpaired) electrons. The molecule has 2 rings (SSSR count). The zero-order valence-electron chi connectivity index (χ0n) is 8.43. The SMILES string of the molecule is COC(=O)N1CCc2c(N)ncnc2C1. The van der Waals surface area contributed by atoms with Crippen LogP contribution in [0.3, 0.4) is 0 Å². The number of hydrogen-bond donors (Lipinski definition) is 1. The Morgan fingerprint density at radius 1 is 1.60 bits per heavy atom. The minimum atomic E-state index is -0.335. The van der Waals surface area contributed by atoms with E-state index in [1.165, 1.54) is 13.4 Å². The van der Waals surface area contributed by atoms with Gasteiger partial charge in [0.15, 0.2) is 0 Å². The van der Waals surface area contributed by atoms with Crippen molar-refractivity contribution >= 4 is 11.9 Å². The fraction of sp³-hybridized carbons (Fsp3) is 0.444. The van der Waals surface area contributed by atoms with Gasteiger partial charge in [-0.05, 0) is 6.42 Å². The summed E-state index contributed by atoms with van der Waals surface area (Å²) in [6.45, 7) is 1.03. The van der Waals surface area contributed by atoms with Gasteiger partial charge in [0.05, 0.1) is 19.3 Å². The number of carbonyl (C=O) groups is 1. The standard InChI is InChI=1S/C9H12N4O2/c1-15-9(14)13-3-2-6-7(4-13)11-5-12-8(6)10/h5H,2-4H2,1H3,(H2,10,11,12). The molecule has 0 aromatic carbocycles. The molecular formula is C9H12N4O2. The summed E-state index contributed by atoms with van der Waals surface area (Å²) in [5.74, 6) is 0.504. The zero-order valence-corrected chi connectivity index (χ0v) is 8.43. The van der Waals surface area contributed by atoms with Crippen LogP contribution in [0.2, 0.25) is 0 Å². The van der Waals surface area contributed by atoms with E-state index in [9.17, 15) is 4.79 Å². The van der Waals surface area contributed by atoms with Crippen molar-refractivity contribution in [3.05, 3.63) is 17.6 Å². The predicted molar refractivity (Wildman–Crippen MR) is 53.0 cm³/mol. The number of rotatable bonds is 0. The fourth-order valence-corrected chi connectivity index (χ4v) is 1.66. The molecule has 0 bridgehead atoms. The molecule has 1 aromatic heterocycles. The highest BCUT2D eigenvalue weighted by atomic mass is 16.5. The average molecular weight is 208 g/mol. The third-order valence-electron chi connectivity index (χ3n) is 2.47. The maximum absolute atomic E-state index is 11.3. The predicted octanol–water partition coefficient (Wildman–Crippen LogP) is 0.183. The summed E-state index contributed by atoms with van der Waals surface area (Å²) in [6.07, 6.45) is 1.75. The quantitative estimate of drug-likeness (QED) is 0.657. The molecule has 0 unspecified atom stereocenters. The maximum atomic E-state index is 11.3. The van der Waals surface area contributed by atoms with E-state index in [1.54, 1.807) is 4.90 Å². The van der Waals surface area contributed by atoms with Crippen LogP contribution >= 0.6 is 0 Å². The average Bonchev–Trinajstić information content (AvgIpc) is 2.28. The second kappa shape index (κ2) is 3.72. The third-order valence-corrected chi connectivity index (χ3v) is 2.47. The molecule has 2 heterocycles. The molecule has 1 aromatic rings. The van der Waals surface area contributed by atoms with Crippen molar-refractivity contribution in [3.63, 3.8) is 0 Å². The maximum Gasteiger partial charge on any atom is 0.409 e. The Hall–Kier alpha value is -1.85. The summed E-state index contributed by atoms with van der Waals surface area (Å²) in [7, 11) is 1.37. The number of fused-ring (bicyclic) bond motifs is 1. The Balaban J connectivity index is 2.24. The Kier molecular flexibility index (Phi) is 2.40. The van der Waals surface area contributed by atoms with E-state index >= 15 is 0 Å². The third kappa shape index (κ3) is 1.70. The van der Waals surface area contributed by atoms with E-state index in [1.807, 2.05) is 0 Å². The molecule has 1 aliphatic rings. The molecule has 15 heavy (non-hydrogen) atoms. The van der Waals surface area contributed by atoms with Crippen LogP contribution < -0.4 is 5.73 Å². The molecule has 80 valence electrons. The monoisotopic (exact) mass is 208 g/mol. The van der Waals surface area contributed by atoms with Crippen LogP contribution in [0.25, 0.3) is 0 Å². The largest absolute Gasteiger partial charge is 0.453 e. The van der Waals surface area contributed by atoms with Crippen LogP contribution in [0.5, 0.6) is 0 Å². The van der Waals surface area contributed by atoms with Crippen molar-refractivity contribution in [3.8, 4) is 0 Å². The second-order valence-electron chi connectivity index (χ2n) is 3.33. The van der Waals surface area contributed by atoms with Gasteiger partial charge in [0, 0.05) is 12.1 Å². The number of nitrogen functional groups attached to an aromatic ring is 1. The summed E-state index contributed by atoms with van der Waals surface area (Å²) >= 11 is 0. The highest BCUT2D eigenvalue weighted by molar-refractivity contribution is 5.68. The minimum absolute atomic E-state index is 0.335. The summed E-state index contributed by atoms with van der Waals surface area (Å²) in [4.78, 5) is 20.9. The summed E-state index contributed by atoms with van der Waals surface area (Å²) in [5, 5.41) is 0. The van der Waals surface area contributed by atoms with Gasteiger partial charge in [-0.15, -0.1) is 0 Å². The Bertz CT molecular complexity index is 394. The van der Waals surface area contributed by atoms with E-state index < -0.39 is 0 Å². The Labute approximate surface area is 87.1 Å². The van der Waals surface area contributed by atoms with Crippen LogP contribution in [0.1, 0.15) is 11.3 Å². The summed E-state index contributed by atoms with van der Waals surface area (Å²) in [6, 6.07) is 0. The van der Waals surface area contributed by atoms with E-state index in [0.717, 1.165) is 11.3 Å². The van der Waals surface area contributed by atoms with E-state index in [0.29, 0.717) is 25.3 Å². The second-order valence-corrected chi connectivity index (χ2v) is 3.33. The number of methoxy groups -OCH3 is 1. The van der Waals surface area contributed by atoms with E-state index in [2.05, 4.69) is 14.7 Å². The Morgan fingerprint density at radius 2 is 2.40 bits per heavy atom. The molecule has 0 aliphatic carbocycles. The van der Waals surface area contributed by atoms with Gasteiger partial charge in [-0.1, -0.05) is 0 Å². The first-order valence-corrected chi connectivity index (χ1v) is 4.63. The number of carbonyl (C=O) groups excluding carboxylic acids is 1. The lowest BCUT2D eigenvalue weighted by atomic mass is 10.1. The number of aromatic nitrogens is 2. The first-order chi connectivity index (χ1) is 7.22. The normalized spacial score (nSPS) is 14.6. The first-order valence-electron chi connectivity index (χ1n) is 4.63. The molecule has 2 N–H and O–H groups in total. The van der Waals surface area contributed by atoms with Crippen LogP contribution in [-0.2, 0) is 17.7 Å². The Morgan fingerprint density at radius 3 is 3.13 bits per heavy atom. The number of anilines is 1. The van der Waals surface area contributed by atoms with Gasteiger partial charge in [-0.3, -0.25) is 0 Å². The number of ether oxygens (including phenoxy) is 1. The van der Waals surface area contributed by atoms with Crippen LogP contribution in [-0.4, -0.2) is 34.6 Å². The highest BCUT2D eigenvalue weighted by Gasteiger charge is 2.23. The van der Waals surface area contributed by atoms with Crippen molar-refractivity contribution in [2.45, 2.75) is 13.0 Å². The molecule has 0 atom stereocenters. The van der Waals surface area contributed by atoms with Crippen LogP contribution in [0.15, 0.2) is 6.33 Å². The molecule has 6 heteroatoms. The van der Waals surface area contributed by atoms with Gasteiger partial charge in [0.2, 0.25) is 0 Å². The lowest BCUT2D eigenvalue weighted by molar-refractivity contribution is 0.118. The summed E-state index contributed by atoms with van der Waals surface area (Å²) < 4.78 is 4.65. The first kappa shape index (κ1) is 9.70. The summed E-state index contributed by atoms with van der Waals surface area (Å²) in [5.41, 5.74) is 7.46. The van der Waals surface area contributed by atoms with Gasteiger partial charge in [0.25, 0.3) is 0 Å². The molecule has 1 aliphatic heterocycles.